The van der Waals surface area contributed by atoms with E-state index in [9.17, 15) is 0 Å². The second-order valence-electron chi connectivity index (χ2n) is 6.57. The Kier molecular flexibility index (Phi) is 9.00. The van der Waals surface area contributed by atoms with Gasteiger partial charge in [-0.3, -0.25) is 0 Å². The van der Waals surface area contributed by atoms with Crippen molar-refractivity contribution < 1.29 is 0 Å². The van der Waals surface area contributed by atoms with Gasteiger partial charge in [0.25, 0.3) is 0 Å². The molecule has 104 valence electrons. The van der Waals surface area contributed by atoms with E-state index >= 15 is 0 Å². The molecule has 0 saturated heterocycles. The summed E-state index contributed by atoms with van der Waals surface area (Å²) < 4.78 is 0. The fourth-order valence-corrected chi connectivity index (χ4v) is 2.85. The molecule has 0 spiro atoms. The van der Waals surface area contributed by atoms with Crippen molar-refractivity contribution >= 4 is 0 Å². The molecule has 0 saturated carbocycles. The molecular formula is C17H36. The molecule has 0 amide bonds. The van der Waals surface area contributed by atoms with Gasteiger partial charge in [-0.15, -0.1) is 0 Å². The molecule has 0 bridgehead atoms. The highest BCUT2D eigenvalue weighted by Gasteiger charge is 2.17. The first kappa shape index (κ1) is 17.0. The zero-order valence-corrected chi connectivity index (χ0v) is 13.4. The Morgan fingerprint density at radius 3 is 1.71 bits per heavy atom. The van der Waals surface area contributed by atoms with Gasteiger partial charge in [0.15, 0.2) is 0 Å². The highest BCUT2D eigenvalue weighted by atomic mass is 14.2. The standard InChI is InChI=1S/C17H36/c1-8-14(5)17(9-2)12-10-11-15(6)16(7)13(3)4/h13-17H,8-12H2,1-7H3. The average Bonchev–Trinajstić information content (AvgIpc) is 2.32. The molecular weight excluding hydrogens is 204 g/mol. The summed E-state index contributed by atoms with van der Waals surface area (Å²) in [4.78, 5) is 0. The lowest BCUT2D eigenvalue weighted by molar-refractivity contribution is 0.253. The molecule has 0 aliphatic heterocycles. The lowest BCUT2D eigenvalue weighted by Crippen LogP contribution is -2.15. The third-order valence-electron chi connectivity index (χ3n) is 5.16. The Bertz CT molecular complexity index is 171. The van der Waals surface area contributed by atoms with Gasteiger partial charge in [0, 0.05) is 0 Å². The van der Waals surface area contributed by atoms with Crippen molar-refractivity contribution in [3.8, 4) is 0 Å². The van der Waals surface area contributed by atoms with Crippen LogP contribution >= 0.6 is 0 Å². The van der Waals surface area contributed by atoms with Gasteiger partial charge in [0.2, 0.25) is 0 Å². The molecule has 4 unspecified atom stereocenters. The second kappa shape index (κ2) is 9.00. The lowest BCUT2D eigenvalue weighted by atomic mass is 9.80. The molecule has 4 atom stereocenters. The normalized spacial score (nSPS) is 19.1. The maximum Gasteiger partial charge on any atom is -0.0391 e. The second-order valence-corrected chi connectivity index (χ2v) is 6.57. The molecule has 0 aromatic carbocycles. The van der Waals surface area contributed by atoms with Crippen LogP contribution in [0.2, 0.25) is 0 Å². The highest BCUT2D eigenvalue weighted by Crippen LogP contribution is 2.28. The fourth-order valence-electron chi connectivity index (χ4n) is 2.85. The maximum atomic E-state index is 2.44. The van der Waals surface area contributed by atoms with E-state index in [4.69, 9.17) is 0 Å². The molecule has 0 aliphatic carbocycles. The summed E-state index contributed by atoms with van der Waals surface area (Å²) in [6.45, 7) is 16.7. The smallest absolute Gasteiger partial charge is 0.0391 e. The number of rotatable bonds is 9. The van der Waals surface area contributed by atoms with E-state index in [-0.39, 0.29) is 0 Å². The predicted molar refractivity (Wildman–Crippen MR) is 80.3 cm³/mol. The number of hydrogen-bond donors (Lipinski definition) is 0. The maximum absolute atomic E-state index is 2.44. The van der Waals surface area contributed by atoms with Gasteiger partial charge in [-0.05, 0) is 29.6 Å². The first-order valence-electron chi connectivity index (χ1n) is 7.93. The molecule has 0 rings (SSSR count). The molecule has 0 heterocycles. The molecule has 0 heteroatoms. The van der Waals surface area contributed by atoms with Crippen molar-refractivity contribution in [2.75, 3.05) is 0 Å². The van der Waals surface area contributed by atoms with Gasteiger partial charge in [0.05, 0.1) is 0 Å². The molecule has 0 N–H and O–H groups in total. The first-order valence-corrected chi connectivity index (χ1v) is 7.93. The molecule has 17 heavy (non-hydrogen) atoms. The Morgan fingerprint density at radius 1 is 0.706 bits per heavy atom. The van der Waals surface area contributed by atoms with Crippen molar-refractivity contribution in [1.82, 2.24) is 0 Å². The van der Waals surface area contributed by atoms with Crippen molar-refractivity contribution in [2.45, 2.75) is 80.6 Å². The Balaban J connectivity index is 3.88. The minimum Gasteiger partial charge on any atom is -0.0651 e. The van der Waals surface area contributed by atoms with Crippen LogP contribution < -0.4 is 0 Å². The summed E-state index contributed by atoms with van der Waals surface area (Å²) in [7, 11) is 0. The molecule has 0 nitrogen and oxygen atoms in total. The van der Waals surface area contributed by atoms with E-state index in [1.807, 2.05) is 0 Å². The summed E-state index contributed by atoms with van der Waals surface area (Å²) in [5, 5.41) is 0. The Morgan fingerprint density at radius 2 is 1.29 bits per heavy atom. The van der Waals surface area contributed by atoms with E-state index in [1.54, 1.807) is 0 Å². The third-order valence-corrected chi connectivity index (χ3v) is 5.16. The van der Waals surface area contributed by atoms with E-state index in [1.165, 1.54) is 32.1 Å². The van der Waals surface area contributed by atoms with Crippen LogP contribution in [0.5, 0.6) is 0 Å². The third kappa shape index (κ3) is 6.48. The van der Waals surface area contributed by atoms with E-state index < -0.39 is 0 Å². The quantitative estimate of drug-likeness (QED) is 0.453. The molecule has 0 aromatic rings. The van der Waals surface area contributed by atoms with E-state index in [0.29, 0.717) is 0 Å². The van der Waals surface area contributed by atoms with Gasteiger partial charge in [-0.1, -0.05) is 80.6 Å². The summed E-state index contributed by atoms with van der Waals surface area (Å²) >= 11 is 0. The van der Waals surface area contributed by atoms with E-state index in [2.05, 4.69) is 48.5 Å². The average molecular weight is 240 g/mol. The van der Waals surface area contributed by atoms with Gasteiger partial charge in [-0.2, -0.15) is 0 Å². The summed E-state index contributed by atoms with van der Waals surface area (Å²) in [6.07, 6.45) is 7.01. The minimum absolute atomic E-state index is 0.835. The zero-order chi connectivity index (χ0) is 13.4. The van der Waals surface area contributed by atoms with Crippen molar-refractivity contribution in [1.29, 1.82) is 0 Å². The lowest BCUT2D eigenvalue weighted by Gasteiger charge is -2.25. The van der Waals surface area contributed by atoms with Crippen LogP contribution in [0, 0.1) is 29.6 Å². The number of hydrogen-bond acceptors (Lipinski definition) is 0. The van der Waals surface area contributed by atoms with E-state index in [0.717, 1.165) is 29.6 Å². The minimum atomic E-state index is 0.835. The Hall–Kier alpha value is 0. The van der Waals surface area contributed by atoms with Crippen molar-refractivity contribution in [3.05, 3.63) is 0 Å². The van der Waals surface area contributed by atoms with Crippen LogP contribution in [0.25, 0.3) is 0 Å². The fraction of sp³-hybridized carbons (Fsp3) is 1.00. The monoisotopic (exact) mass is 240 g/mol. The van der Waals surface area contributed by atoms with Crippen LogP contribution in [0.3, 0.4) is 0 Å². The Labute approximate surface area is 111 Å². The zero-order valence-electron chi connectivity index (χ0n) is 13.4. The van der Waals surface area contributed by atoms with Crippen LogP contribution in [-0.4, -0.2) is 0 Å². The van der Waals surface area contributed by atoms with Gasteiger partial charge in [0.1, 0.15) is 0 Å². The summed E-state index contributed by atoms with van der Waals surface area (Å²) in [6, 6.07) is 0. The molecule has 0 radical (unpaired) electrons. The van der Waals surface area contributed by atoms with Crippen molar-refractivity contribution in [2.24, 2.45) is 29.6 Å². The van der Waals surface area contributed by atoms with Gasteiger partial charge < -0.3 is 0 Å². The topological polar surface area (TPSA) is 0 Å². The van der Waals surface area contributed by atoms with Crippen LogP contribution in [-0.2, 0) is 0 Å². The first-order chi connectivity index (χ1) is 7.93. The summed E-state index contributed by atoms with van der Waals surface area (Å²) in [5.74, 6) is 4.48. The largest absolute Gasteiger partial charge is 0.0651 e. The molecule has 0 aliphatic rings. The van der Waals surface area contributed by atoms with Gasteiger partial charge >= 0.3 is 0 Å². The molecule has 0 aromatic heterocycles. The highest BCUT2D eigenvalue weighted by molar-refractivity contribution is 4.68. The van der Waals surface area contributed by atoms with Crippen LogP contribution in [0.1, 0.15) is 80.6 Å². The van der Waals surface area contributed by atoms with Crippen molar-refractivity contribution in [3.63, 3.8) is 0 Å². The van der Waals surface area contributed by atoms with Gasteiger partial charge in [-0.25, -0.2) is 0 Å². The van der Waals surface area contributed by atoms with Crippen LogP contribution in [0.4, 0.5) is 0 Å². The summed E-state index contributed by atoms with van der Waals surface area (Å²) in [5.41, 5.74) is 0. The van der Waals surface area contributed by atoms with Crippen LogP contribution in [0.15, 0.2) is 0 Å². The predicted octanol–water partition coefficient (Wildman–Crippen LogP) is 6.16. The SMILES string of the molecule is CCC(C)C(CC)CCCC(C)C(C)C(C)C. The molecule has 0 fully saturated rings.